The van der Waals surface area contributed by atoms with Crippen molar-refractivity contribution in [3.8, 4) is 0 Å². The molecule has 2 N–H and O–H groups in total. The van der Waals surface area contributed by atoms with Gasteiger partial charge in [0.1, 0.15) is 17.3 Å². The maximum absolute atomic E-state index is 13.9. The number of methoxy groups -OCH3 is 1. The van der Waals surface area contributed by atoms with Crippen molar-refractivity contribution < 1.29 is 33.0 Å². The lowest BCUT2D eigenvalue weighted by Crippen LogP contribution is -2.50. The van der Waals surface area contributed by atoms with Gasteiger partial charge in [-0.2, -0.15) is 0 Å². The number of allylic oxidation sites excluding steroid dienone is 2. The summed E-state index contributed by atoms with van der Waals surface area (Å²) in [4.78, 5) is 39.2. The van der Waals surface area contributed by atoms with E-state index in [0.717, 1.165) is 25.0 Å². The number of carbonyl (C=O) groups excluding carboxylic acids is 3. The number of carbonyl (C=O) groups is 3. The number of aliphatic hydroxyl groups excluding tert-OH is 1. The summed E-state index contributed by atoms with van der Waals surface area (Å²) in [5.41, 5.74) is -0.370. The standard InChI is InChI=1S/C24H31F2N3O5/c1-16(23(33)27-12-18-5-6-19(25)11-20(18)26)13-29(21(14-30)22(32)15-31)17(2)24(7-8-24)28(3)9-10-34-4/h5-6,11,13-15,17,32H,7-10,12H2,1-4H3,(H,27,33)/b16-13+,22-21+/t17-/m0/s1. The molecule has 1 saturated carbocycles. The maximum atomic E-state index is 13.9. The average Bonchev–Trinajstić information content (AvgIpc) is 3.63. The number of likely N-dealkylation sites (N-methyl/N-ethyl adjacent to an activating group) is 1. The lowest BCUT2D eigenvalue weighted by molar-refractivity contribution is -0.117. The number of nitrogens with one attached hydrogen (secondary N) is 1. The summed E-state index contributed by atoms with van der Waals surface area (Å²) in [7, 11) is 3.52. The molecule has 0 radical (unpaired) electrons. The first-order valence-corrected chi connectivity index (χ1v) is 10.8. The van der Waals surface area contributed by atoms with E-state index in [2.05, 4.69) is 10.2 Å². The Labute approximate surface area is 197 Å². The predicted molar refractivity (Wildman–Crippen MR) is 122 cm³/mol. The molecule has 1 aromatic rings. The predicted octanol–water partition coefficient (Wildman–Crippen LogP) is 2.45. The summed E-state index contributed by atoms with van der Waals surface area (Å²) < 4.78 is 32.1. The van der Waals surface area contributed by atoms with Crippen LogP contribution in [0.25, 0.3) is 0 Å². The fourth-order valence-electron chi connectivity index (χ4n) is 3.91. The van der Waals surface area contributed by atoms with Crippen LogP contribution < -0.4 is 5.32 Å². The van der Waals surface area contributed by atoms with Crippen molar-refractivity contribution in [3.05, 3.63) is 58.6 Å². The van der Waals surface area contributed by atoms with Gasteiger partial charge in [0.05, 0.1) is 6.61 Å². The third-order valence-electron chi connectivity index (χ3n) is 6.26. The zero-order valence-corrected chi connectivity index (χ0v) is 19.8. The number of hydrogen-bond donors (Lipinski definition) is 2. The summed E-state index contributed by atoms with van der Waals surface area (Å²) in [6.07, 6.45) is 3.53. The van der Waals surface area contributed by atoms with Crippen molar-refractivity contribution in [3.63, 3.8) is 0 Å². The Bertz CT molecular complexity index is 975. The highest BCUT2D eigenvalue weighted by atomic mass is 19.1. The lowest BCUT2D eigenvalue weighted by atomic mass is 10.0. The molecule has 8 nitrogen and oxygen atoms in total. The van der Waals surface area contributed by atoms with E-state index in [1.54, 1.807) is 7.11 Å². The molecule has 2 rings (SSSR count). The average molecular weight is 480 g/mol. The smallest absolute Gasteiger partial charge is 0.248 e. The number of halogens is 2. The maximum Gasteiger partial charge on any atom is 0.248 e. The Morgan fingerprint density at radius 2 is 1.97 bits per heavy atom. The van der Waals surface area contributed by atoms with Crippen LogP contribution >= 0.6 is 0 Å². The van der Waals surface area contributed by atoms with Crippen molar-refractivity contribution >= 4 is 18.5 Å². The van der Waals surface area contributed by atoms with Gasteiger partial charge >= 0.3 is 0 Å². The first kappa shape index (κ1) is 27.1. The van der Waals surface area contributed by atoms with Crippen LogP contribution in [-0.2, 0) is 25.7 Å². The molecule has 34 heavy (non-hydrogen) atoms. The van der Waals surface area contributed by atoms with E-state index in [1.807, 2.05) is 14.0 Å². The second-order valence-corrected chi connectivity index (χ2v) is 8.34. The van der Waals surface area contributed by atoms with Crippen LogP contribution in [0.1, 0.15) is 32.3 Å². The molecule has 1 aliphatic carbocycles. The van der Waals surface area contributed by atoms with Crippen molar-refractivity contribution in [2.75, 3.05) is 27.3 Å². The molecule has 1 atom stereocenters. The fourth-order valence-corrected chi connectivity index (χ4v) is 3.91. The minimum Gasteiger partial charge on any atom is -0.503 e. The van der Waals surface area contributed by atoms with Gasteiger partial charge in [-0.25, -0.2) is 8.78 Å². The largest absolute Gasteiger partial charge is 0.503 e. The zero-order valence-electron chi connectivity index (χ0n) is 19.8. The van der Waals surface area contributed by atoms with Crippen LogP contribution in [-0.4, -0.2) is 72.3 Å². The first-order valence-electron chi connectivity index (χ1n) is 10.8. The van der Waals surface area contributed by atoms with E-state index in [9.17, 15) is 28.3 Å². The third-order valence-corrected chi connectivity index (χ3v) is 6.26. The molecule has 1 fully saturated rings. The second-order valence-electron chi connectivity index (χ2n) is 8.34. The first-order chi connectivity index (χ1) is 16.1. The Balaban J connectivity index is 2.30. The van der Waals surface area contributed by atoms with E-state index in [1.165, 1.54) is 24.1 Å². The van der Waals surface area contributed by atoms with Gasteiger partial charge in [-0.1, -0.05) is 6.07 Å². The molecule has 0 aliphatic heterocycles. The zero-order chi connectivity index (χ0) is 25.5. The monoisotopic (exact) mass is 479 g/mol. The minimum absolute atomic E-state index is 0.108. The molecule has 0 bridgehead atoms. The molecule has 0 spiro atoms. The summed E-state index contributed by atoms with van der Waals surface area (Å²) in [5.74, 6) is -2.82. The van der Waals surface area contributed by atoms with Crippen molar-refractivity contribution in [2.24, 2.45) is 0 Å². The van der Waals surface area contributed by atoms with E-state index in [0.29, 0.717) is 19.4 Å². The molecule has 10 heteroatoms. The molecule has 1 aliphatic rings. The summed E-state index contributed by atoms with van der Waals surface area (Å²) in [6, 6.07) is 2.66. The Hall–Kier alpha value is -3.11. The highest BCUT2D eigenvalue weighted by molar-refractivity contribution is 5.93. The molecule has 1 aromatic carbocycles. The van der Waals surface area contributed by atoms with Crippen LogP contribution in [0.5, 0.6) is 0 Å². The molecule has 0 heterocycles. The van der Waals surface area contributed by atoms with E-state index in [4.69, 9.17) is 4.74 Å². The number of nitrogens with zero attached hydrogens (tertiary/aromatic N) is 2. The number of benzene rings is 1. The molecule has 186 valence electrons. The Kier molecular flexibility index (Phi) is 9.46. The fraction of sp³-hybridized carbons (Fsp3) is 0.458. The minimum atomic E-state index is -0.783. The normalized spacial score (nSPS) is 16.5. The van der Waals surface area contributed by atoms with E-state index >= 15 is 0 Å². The van der Waals surface area contributed by atoms with Crippen molar-refractivity contribution in [2.45, 2.75) is 44.8 Å². The van der Waals surface area contributed by atoms with Crippen LogP contribution in [0.2, 0.25) is 0 Å². The van der Waals surface area contributed by atoms with Gasteiger partial charge in [0.15, 0.2) is 18.3 Å². The van der Waals surface area contributed by atoms with E-state index in [-0.39, 0.29) is 35.2 Å². The molecule has 0 aromatic heterocycles. The van der Waals surface area contributed by atoms with Gasteiger partial charge in [-0.15, -0.1) is 0 Å². The van der Waals surface area contributed by atoms with Gasteiger partial charge < -0.3 is 20.1 Å². The van der Waals surface area contributed by atoms with Gasteiger partial charge in [-0.3, -0.25) is 19.3 Å². The second kappa shape index (κ2) is 11.8. The number of rotatable bonds is 13. The topological polar surface area (TPSA) is 99.2 Å². The van der Waals surface area contributed by atoms with Crippen molar-refractivity contribution in [1.82, 2.24) is 15.1 Å². The van der Waals surface area contributed by atoms with E-state index < -0.39 is 29.3 Å². The third kappa shape index (κ3) is 6.27. The van der Waals surface area contributed by atoms with Crippen LogP contribution in [0.4, 0.5) is 8.78 Å². The van der Waals surface area contributed by atoms with Crippen LogP contribution in [0.15, 0.2) is 41.4 Å². The van der Waals surface area contributed by atoms with Gasteiger partial charge in [0, 0.05) is 55.2 Å². The summed E-state index contributed by atoms with van der Waals surface area (Å²) >= 11 is 0. The highest BCUT2D eigenvalue weighted by Gasteiger charge is 2.52. The van der Waals surface area contributed by atoms with Gasteiger partial charge in [0.2, 0.25) is 5.91 Å². The number of ether oxygens (including phenoxy) is 1. The summed E-state index contributed by atoms with van der Waals surface area (Å²) in [6.45, 7) is 4.28. The lowest BCUT2D eigenvalue weighted by Gasteiger charge is -2.39. The van der Waals surface area contributed by atoms with Gasteiger partial charge in [0.25, 0.3) is 0 Å². The van der Waals surface area contributed by atoms with Crippen LogP contribution in [0, 0.1) is 11.6 Å². The number of hydrogen-bond acceptors (Lipinski definition) is 7. The highest BCUT2D eigenvalue weighted by Crippen LogP contribution is 2.46. The number of aliphatic hydroxyl groups is 1. The molecular weight excluding hydrogens is 448 g/mol. The quantitative estimate of drug-likeness (QED) is 0.255. The SMILES string of the molecule is COCCN(C)C1([C@H](C)N(/C=C(\C)C(=O)NCc2ccc(F)cc2F)/C(C=O)=C(/O)C=O)CC1. The van der Waals surface area contributed by atoms with Gasteiger partial charge in [-0.05, 0) is 39.8 Å². The molecule has 0 saturated heterocycles. The summed E-state index contributed by atoms with van der Waals surface area (Å²) in [5, 5.41) is 12.6. The molecule has 1 amide bonds. The molecule has 0 unspecified atom stereocenters. The van der Waals surface area contributed by atoms with Crippen LogP contribution in [0.3, 0.4) is 0 Å². The Morgan fingerprint density at radius 1 is 1.29 bits per heavy atom. The number of aldehydes is 2. The number of amides is 1. The molecular formula is C24H31F2N3O5. The van der Waals surface area contributed by atoms with Crippen molar-refractivity contribution in [1.29, 1.82) is 0 Å². The Morgan fingerprint density at radius 3 is 2.50 bits per heavy atom.